The highest BCUT2D eigenvalue weighted by Crippen LogP contribution is 2.22. The van der Waals surface area contributed by atoms with Crippen molar-refractivity contribution in [1.82, 2.24) is 4.90 Å². The van der Waals surface area contributed by atoms with E-state index in [0.717, 1.165) is 24.0 Å². The number of nitrogens with two attached hydrogens (primary N) is 1. The molecule has 0 atom stereocenters. The summed E-state index contributed by atoms with van der Waals surface area (Å²) in [5.74, 6) is 1.69. The lowest BCUT2D eigenvalue weighted by Gasteiger charge is -2.29. The Morgan fingerprint density at radius 3 is 2.59 bits per heavy atom. The van der Waals surface area contributed by atoms with Gasteiger partial charge in [0.05, 0.1) is 0 Å². The molecular formula is C21H23ClN2O3. The van der Waals surface area contributed by atoms with Crippen LogP contribution < -0.4 is 10.5 Å². The Bertz CT molecular complexity index is 916. The molecule has 0 aliphatic carbocycles. The van der Waals surface area contributed by atoms with Crippen molar-refractivity contribution in [3.63, 3.8) is 0 Å². The van der Waals surface area contributed by atoms with Gasteiger partial charge in [0.25, 0.3) is 5.91 Å². The van der Waals surface area contributed by atoms with Gasteiger partial charge in [-0.1, -0.05) is 30.3 Å². The second-order valence-electron chi connectivity index (χ2n) is 6.69. The van der Waals surface area contributed by atoms with E-state index in [2.05, 4.69) is 12.1 Å². The summed E-state index contributed by atoms with van der Waals surface area (Å²) in [6.45, 7) is 1.66. The molecule has 0 spiro atoms. The van der Waals surface area contributed by atoms with E-state index in [9.17, 15) is 4.79 Å². The molecule has 27 heavy (non-hydrogen) atoms. The summed E-state index contributed by atoms with van der Waals surface area (Å²) in [6.07, 6.45) is 1.68. The highest BCUT2D eigenvalue weighted by molar-refractivity contribution is 5.91. The summed E-state index contributed by atoms with van der Waals surface area (Å²) in [7, 11) is 0. The van der Waals surface area contributed by atoms with Crippen LogP contribution in [-0.4, -0.2) is 29.9 Å². The van der Waals surface area contributed by atoms with E-state index in [4.69, 9.17) is 14.9 Å². The Morgan fingerprint density at radius 1 is 1.07 bits per heavy atom. The largest absolute Gasteiger partial charge is 0.486 e. The number of carbonyl (C=O) groups excluding carboxylic acids is 1. The molecule has 2 N–H and O–H groups in total. The fourth-order valence-corrected chi connectivity index (χ4v) is 3.24. The number of hydrogen-bond acceptors (Lipinski definition) is 4. The molecule has 1 saturated heterocycles. The van der Waals surface area contributed by atoms with Crippen LogP contribution in [0.15, 0.2) is 59.0 Å². The van der Waals surface area contributed by atoms with Gasteiger partial charge in [-0.3, -0.25) is 4.79 Å². The molecule has 6 heteroatoms. The number of rotatable bonds is 4. The molecule has 1 fully saturated rings. The monoisotopic (exact) mass is 386 g/mol. The lowest BCUT2D eigenvalue weighted by atomic mass is 10.1. The number of halogens is 1. The van der Waals surface area contributed by atoms with Crippen LogP contribution >= 0.6 is 12.4 Å². The molecule has 142 valence electrons. The third-order valence-electron chi connectivity index (χ3n) is 4.80. The summed E-state index contributed by atoms with van der Waals surface area (Å²) in [6, 6.07) is 17.8. The van der Waals surface area contributed by atoms with Crippen LogP contribution in [0.25, 0.3) is 10.8 Å². The first-order chi connectivity index (χ1) is 12.7. The van der Waals surface area contributed by atoms with Crippen molar-refractivity contribution in [2.24, 2.45) is 5.73 Å². The van der Waals surface area contributed by atoms with E-state index in [1.165, 1.54) is 5.39 Å². The molecule has 2 aromatic carbocycles. The minimum Gasteiger partial charge on any atom is -0.486 e. The molecule has 1 aliphatic heterocycles. The summed E-state index contributed by atoms with van der Waals surface area (Å²) in [4.78, 5) is 14.3. The zero-order valence-corrected chi connectivity index (χ0v) is 15.8. The Labute approximate surface area is 164 Å². The third kappa shape index (κ3) is 4.43. The van der Waals surface area contributed by atoms with E-state index in [1.807, 2.05) is 30.3 Å². The van der Waals surface area contributed by atoms with Crippen LogP contribution in [0.3, 0.4) is 0 Å². The van der Waals surface area contributed by atoms with Crippen LogP contribution in [0.4, 0.5) is 0 Å². The van der Waals surface area contributed by atoms with Crippen LogP contribution in [0, 0.1) is 0 Å². The quantitative estimate of drug-likeness (QED) is 0.735. The lowest BCUT2D eigenvalue weighted by molar-refractivity contribution is 0.0678. The minimum absolute atomic E-state index is 0. The van der Waals surface area contributed by atoms with Crippen molar-refractivity contribution < 1.29 is 13.9 Å². The van der Waals surface area contributed by atoms with Gasteiger partial charge in [0, 0.05) is 19.1 Å². The number of carbonyl (C=O) groups is 1. The number of furan rings is 1. The number of benzene rings is 2. The van der Waals surface area contributed by atoms with Crippen molar-refractivity contribution in [3.05, 3.63) is 66.1 Å². The second kappa shape index (κ2) is 8.46. The average Bonchev–Trinajstić information content (AvgIpc) is 3.15. The summed E-state index contributed by atoms with van der Waals surface area (Å²) in [5, 5.41) is 2.30. The maximum atomic E-state index is 12.5. The molecule has 0 saturated carbocycles. The van der Waals surface area contributed by atoms with E-state index < -0.39 is 0 Å². The van der Waals surface area contributed by atoms with E-state index >= 15 is 0 Å². The first kappa shape index (κ1) is 19.3. The van der Waals surface area contributed by atoms with E-state index in [1.54, 1.807) is 17.0 Å². The standard InChI is InChI=1S/C21H22N2O3.ClH/c22-17-9-11-23(12-10-17)21(24)20-8-7-19(26-20)14-25-18-6-5-15-3-1-2-4-16(15)13-18;/h1-8,13,17H,9-12,14,22H2;1H. The fourth-order valence-electron chi connectivity index (χ4n) is 3.24. The molecule has 3 aromatic rings. The highest BCUT2D eigenvalue weighted by atomic mass is 35.5. The van der Waals surface area contributed by atoms with Gasteiger partial charge in [-0.15, -0.1) is 12.4 Å². The number of piperidine rings is 1. The number of fused-ring (bicyclic) bond motifs is 1. The summed E-state index contributed by atoms with van der Waals surface area (Å²) in [5.41, 5.74) is 5.89. The maximum Gasteiger partial charge on any atom is 0.289 e. The number of ether oxygens (including phenoxy) is 1. The first-order valence-corrected chi connectivity index (χ1v) is 8.94. The Morgan fingerprint density at radius 2 is 1.81 bits per heavy atom. The van der Waals surface area contributed by atoms with Gasteiger partial charge in [0.1, 0.15) is 18.1 Å². The van der Waals surface area contributed by atoms with E-state index in [-0.39, 0.29) is 31.0 Å². The molecule has 0 radical (unpaired) electrons. The van der Waals surface area contributed by atoms with Gasteiger partial charge in [-0.25, -0.2) is 0 Å². The van der Waals surface area contributed by atoms with Crippen molar-refractivity contribution in [2.75, 3.05) is 13.1 Å². The zero-order valence-electron chi connectivity index (χ0n) is 15.0. The molecule has 4 rings (SSSR count). The SMILES string of the molecule is Cl.NC1CCN(C(=O)c2ccc(COc3ccc4ccccc4c3)o2)CC1. The van der Waals surface area contributed by atoms with Gasteiger partial charge < -0.3 is 19.8 Å². The fraction of sp³-hybridized carbons (Fsp3) is 0.286. The van der Waals surface area contributed by atoms with Crippen LogP contribution in [0.2, 0.25) is 0 Å². The van der Waals surface area contributed by atoms with Crippen LogP contribution in [0.1, 0.15) is 29.2 Å². The van der Waals surface area contributed by atoms with Crippen LogP contribution in [0.5, 0.6) is 5.75 Å². The van der Waals surface area contributed by atoms with Crippen molar-refractivity contribution in [2.45, 2.75) is 25.5 Å². The van der Waals surface area contributed by atoms with E-state index in [0.29, 0.717) is 24.6 Å². The average molecular weight is 387 g/mol. The molecule has 1 aromatic heterocycles. The normalized spacial score (nSPS) is 14.8. The van der Waals surface area contributed by atoms with Gasteiger partial charge >= 0.3 is 0 Å². The lowest BCUT2D eigenvalue weighted by Crippen LogP contribution is -2.42. The van der Waals surface area contributed by atoms with Crippen molar-refractivity contribution >= 4 is 29.1 Å². The minimum atomic E-state index is -0.0751. The molecule has 5 nitrogen and oxygen atoms in total. The predicted molar refractivity (Wildman–Crippen MR) is 107 cm³/mol. The Kier molecular flexibility index (Phi) is 6.04. The summed E-state index contributed by atoms with van der Waals surface area (Å²) < 4.78 is 11.5. The Hall–Kier alpha value is -2.50. The van der Waals surface area contributed by atoms with Crippen molar-refractivity contribution in [1.29, 1.82) is 0 Å². The first-order valence-electron chi connectivity index (χ1n) is 8.94. The smallest absolute Gasteiger partial charge is 0.289 e. The third-order valence-corrected chi connectivity index (χ3v) is 4.80. The predicted octanol–water partition coefficient (Wildman–Crippen LogP) is 4.00. The number of amides is 1. The van der Waals surface area contributed by atoms with Gasteiger partial charge in [-0.05, 0) is 47.9 Å². The zero-order chi connectivity index (χ0) is 17.9. The summed E-state index contributed by atoms with van der Waals surface area (Å²) >= 11 is 0. The van der Waals surface area contributed by atoms with Crippen molar-refractivity contribution in [3.8, 4) is 5.75 Å². The van der Waals surface area contributed by atoms with Gasteiger partial charge in [0.2, 0.25) is 0 Å². The molecule has 0 bridgehead atoms. The number of hydrogen-bond donors (Lipinski definition) is 1. The van der Waals surface area contributed by atoms with Gasteiger partial charge in [-0.2, -0.15) is 0 Å². The molecule has 2 heterocycles. The highest BCUT2D eigenvalue weighted by Gasteiger charge is 2.23. The number of likely N-dealkylation sites (tertiary alicyclic amines) is 1. The molecular weight excluding hydrogens is 364 g/mol. The maximum absolute atomic E-state index is 12.5. The molecule has 1 amide bonds. The topological polar surface area (TPSA) is 68.7 Å². The van der Waals surface area contributed by atoms with Crippen LogP contribution in [-0.2, 0) is 6.61 Å². The Balaban J connectivity index is 0.00000210. The molecule has 1 aliphatic rings. The second-order valence-corrected chi connectivity index (χ2v) is 6.69. The molecule has 0 unspecified atom stereocenters. The number of nitrogens with zero attached hydrogens (tertiary/aromatic N) is 1. The van der Waals surface area contributed by atoms with Gasteiger partial charge in [0.15, 0.2) is 5.76 Å².